The van der Waals surface area contributed by atoms with Gasteiger partial charge in [-0.2, -0.15) is 4.31 Å². The maximum atomic E-state index is 13.3. The van der Waals surface area contributed by atoms with Crippen LogP contribution in [-0.2, 0) is 10.0 Å². The van der Waals surface area contributed by atoms with Crippen molar-refractivity contribution in [2.75, 3.05) is 13.1 Å². The quantitative estimate of drug-likeness (QED) is 0.0975. The molecule has 0 saturated heterocycles. The Morgan fingerprint density at radius 2 is 0.737 bits per heavy atom. The minimum Gasteiger partial charge on any atom is -0.207 e. The van der Waals surface area contributed by atoms with Crippen LogP contribution in [0.15, 0.2) is 35.2 Å². The molecule has 0 aliphatic heterocycles. The second-order valence-corrected chi connectivity index (χ2v) is 13.4. The molecule has 0 saturated carbocycles. The second-order valence-electron chi connectivity index (χ2n) is 11.5. The van der Waals surface area contributed by atoms with Crippen LogP contribution in [0.3, 0.4) is 0 Å². The van der Waals surface area contributed by atoms with Gasteiger partial charge in [0.2, 0.25) is 10.0 Å². The molecule has 0 spiro atoms. The summed E-state index contributed by atoms with van der Waals surface area (Å²) < 4.78 is 28.4. The Morgan fingerprint density at radius 1 is 0.447 bits per heavy atom. The Labute approximate surface area is 238 Å². The van der Waals surface area contributed by atoms with Crippen molar-refractivity contribution in [1.29, 1.82) is 0 Å². The van der Waals surface area contributed by atoms with E-state index in [0.29, 0.717) is 18.0 Å². The first-order valence-electron chi connectivity index (χ1n) is 16.7. The zero-order chi connectivity index (χ0) is 27.6. The molecule has 1 rings (SSSR count). The van der Waals surface area contributed by atoms with Gasteiger partial charge in [-0.3, -0.25) is 0 Å². The van der Waals surface area contributed by atoms with Gasteiger partial charge in [-0.15, -0.1) is 0 Å². The molecule has 0 amide bonds. The van der Waals surface area contributed by atoms with Crippen LogP contribution in [-0.4, -0.2) is 25.8 Å². The monoisotopic (exact) mass is 549 g/mol. The first-order valence-corrected chi connectivity index (χ1v) is 18.1. The van der Waals surface area contributed by atoms with Gasteiger partial charge in [0.1, 0.15) is 0 Å². The van der Waals surface area contributed by atoms with E-state index in [-0.39, 0.29) is 0 Å². The van der Waals surface area contributed by atoms with Crippen molar-refractivity contribution in [3.05, 3.63) is 30.3 Å². The van der Waals surface area contributed by atoms with Gasteiger partial charge in [0.15, 0.2) is 0 Å². The zero-order valence-corrected chi connectivity index (χ0v) is 26.3. The Hall–Kier alpha value is -0.870. The minimum absolute atomic E-state index is 0.442. The van der Waals surface area contributed by atoms with Gasteiger partial charge < -0.3 is 0 Å². The average Bonchev–Trinajstić information content (AvgIpc) is 2.93. The largest absolute Gasteiger partial charge is 0.243 e. The summed E-state index contributed by atoms with van der Waals surface area (Å²) in [5.74, 6) is 0. The summed E-state index contributed by atoms with van der Waals surface area (Å²) in [6.07, 6.45) is 31.2. The van der Waals surface area contributed by atoms with Gasteiger partial charge >= 0.3 is 0 Å². The highest BCUT2D eigenvalue weighted by Gasteiger charge is 2.23. The molecule has 0 aliphatic rings. The number of benzene rings is 1. The molecule has 0 fully saturated rings. The van der Waals surface area contributed by atoms with E-state index < -0.39 is 10.0 Å². The third-order valence-electron chi connectivity index (χ3n) is 7.90. The van der Waals surface area contributed by atoms with Crippen molar-refractivity contribution in [2.45, 2.75) is 173 Å². The standard InChI is InChI=1S/C34H63NO2S/c1-3-5-7-9-11-13-15-17-19-21-23-28-32-35(38(36,37)34-30-26-25-27-31-34)33-29-24-22-20-18-16-14-12-10-8-6-4-2/h25-27,30-31H,3-24,28-29,32-33H2,1-2H3. The maximum Gasteiger partial charge on any atom is 0.243 e. The molecule has 38 heavy (non-hydrogen) atoms. The summed E-state index contributed by atoms with van der Waals surface area (Å²) in [5.41, 5.74) is 0. The fourth-order valence-electron chi connectivity index (χ4n) is 5.35. The van der Waals surface area contributed by atoms with Crippen LogP contribution in [0, 0.1) is 0 Å². The third-order valence-corrected chi connectivity index (χ3v) is 9.82. The van der Waals surface area contributed by atoms with E-state index in [1.165, 1.54) is 128 Å². The minimum atomic E-state index is -3.40. The summed E-state index contributed by atoms with van der Waals surface area (Å²) in [4.78, 5) is 0.442. The number of nitrogens with zero attached hydrogens (tertiary/aromatic N) is 1. The number of unbranched alkanes of at least 4 members (excludes halogenated alkanes) is 22. The third kappa shape index (κ3) is 18.4. The van der Waals surface area contributed by atoms with Crippen molar-refractivity contribution in [1.82, 2.24) is 4.31 Å². The molecule has 1 aromatic carbocycles. The van der Waals surface area contributed by atoms with Crippen LogP contribution >= 0.6 is 0 Å². The van der Waals surface area contributed by atoms with Gasteiger partial charge in [-0.1, -0.05) is 173 Å². The Bertz CT molecular complexity index is 691. The number of hydrogen-bond acceptors (Lipinski definition) is 2. The molecular formula is C34H63NO2S. The van der Waals surface area contributed by atoms with Crippen molar-refractivity contribution in [3.63, 3.8) is 0 Å². The summed E-state index contributed by atoms with van der Waals surface area (Å²) in [6.45, 7) is 5.87. The first-order chi connectivity index (χ1) is 18.6. The lowest BCUT2D eigenvalue weighted by atomic mass is 10.1. The van der Waals surface area contributed by atoms with Gasteiger partial charge in [-0.25, -0.2) is 8.42 Å². The fraction of sp³-hybridized carbons (Fsp3) is 0.824. The molecule has 3 nitrogen and oxygen atoms in total. The van der Waals surface area contributed by atoms with E-state index in [1.54, 1.807) is 16.4 Å². The Balaban J connectivity index is 2.24. The van der Waals surface area contributed by atoms with Gasteiger partial charge in [-0.05, 0) is 25.0 Å². The van der Waals surface area contributed by atoms with E-state index in [0.717, 1.165) is 25.7 Å². The second kappa shape index (κ2) is 25.1. The van der Waals surface area contributed by atoms with Gasteiger partial charge in [0.05, 0.1) is 4.90 Å². The first kappa shape index (κ1) is 35.2. The van der Waals surface area contributed by atoms with E-state index in [9.17, 15) is 8.42 Å². The smallest absolute Gasteiger partial charge is 0.207 e. The van der Waals surface area contributed by atoms with Crippen molar-refractivity contribution in [2.24, 2.45) is 0 Å². The lowest BCUT2D eigenvalue weighted by molar-refractivity contribution is 0.383. The summed E-state index contributed by atoms with van der Waals surface area (Å²) in [7, 11) is -3.40. The summed E-state index contributed by atoms with van der Waals surface area (Å²) in [6, 6.07) is 9.04. The van der Waals surface area contributed by atoms with Crippen LogP contribution in [0.1, 0.15) is 168 Å². The highest BCUT2D eigenvalue weighted by Crippen LogP contribution is 2.19. The number of rotatable bonds is 28. The Morgan fingerprint density at radius 3 is 1.05 bits per heavy atom. The predicted molar refractivity (Wildman–Crippen MR) is 167 cm³/mol. The van der Waals surface area contributed by atoms with Crippen LogP contribution in [0.2, 0.25) is 0 Å². The molecule has 1 aromatic rings. The van der Waals surface area contributed by atoms with E-state index in [1.807, 2.05) is 18.2 Å². The number of sulfonamides is 1. The van der Waals surface area contributed by atoms with Crippen LogP contribution < -0.4 is 0 Å². The van der Waals surface area contributed by atoms with Crippen LogP contribution in [0.4, 0.5) is 0 Å². The van der Waals surface area contributed by atoms with Crippen LogP contribution in [0.25, 0.3) is 0 Å². The number of hydrogen-bond donors (Lipinski definition) is 0. The topological polar surface area (TPSA) is 37.4 Å². The fourth-order valence-corrected chi connectivity index (χ4v) is 6.89. The van der Waals surface area contributed by atoms with E-state index >= 15 is 0 Å². The predicted octanol–water partition coefficient (Wildman–Crippen LogP) is 11.1. The van der Waals surface area contributed by atoms with E-state index in [4.69, 9.17) is 0 Å². The SMILES string of the molecule is CCCCCCCCCCCCCCN(CCCCCCCCCCCCCC)S(=O)(=O)c1ccccc1. The summed E-state index contributed by atoms with van der Waals surface area (Å²) in [5, 5.41) is 0. The van der Waals surface area contributed by atoms with E-state index in [2.05, 4.69) is 13.8 Å². The Kier molecular flexibility index (Phi) is 23.2. The lowest BCUT2D eigenvalue weighted by Gasteiger charge is -2.22. The van der Waals surface area contributed by atoms with Gasteiger partial charge in [0.25, 0.3) is 0 Å². The molecule has 0 heterocycles. The molecule has 222 valence electrons. The molecule has 0 atom stereocenters. The molecule has 4 heteroatoms. The molecular weight excluding hydrogens is 486 g/mol. The molecule has 0 radical (unpaired) electrons. The molecule has 0 aliphatic carbocycles. The average molecular weight is 550 g/mol. The highest BCUT2D eigenvalue weighted by atomic mass is 32.2. The maximum absolute atomic E-state index is 13.3. The van der Waals surface area contributed by atoms with Crippen LogP contribution in [0.5, 0.6) is 0 Å². The van der Waals surface area contributed by atoms with Crippen molar-refractivity contribution < 1.29 is 8.42 Å². The molecule has 0 aromatic heterocycles. The van der Waals surface area contributed by atoms with Crippen molar-refractivity contribution >= 4 is 10.0 Å². The van der Waals surface area contributed by atoms with Crippen molar-refractivity contribution in [3.8, 4) is 0 Å². The molecule has 0 unspecified atom stereocenters. The zero-order valence-electron chi connectivity index (χ0n) is 25.4. The molecule has 0 bridgehead atoms. The molecule has 0 N–H and O–H groups in total. The lowest BCUT2D eigenvalue weighted by Crippen LogP contribution is -2.33. The summed E-state index contributed by atoms with van der Waals surface area (Å²) >= 11 is 0. The normalized spacial score (nSPS) is 12.0. The van der Waals surface area contributed by atoms with Gasteiger partial charge in [0, 0.05) is 13.1 Å². The highest BCUT2D eigenvalue weighted by molar-refractivity contribution is 7.89.